The van der Waals surface area contributed by atoms with Gasteiger partial charge in [-0.3, -0.25) is 10.1 Å². The number of rotatable bonds is 3. The van der Waals surface area contributed by atoms with Gasteiger partial charge in [-0.25, -0.2) is 0 Å². The van der Waals surface area contributed by atoms with Crippen molar-refractivity contribution in [3.8, 4) is 5.75 Å². The summed E-state index contributed by atoms with van der Waals surface area (Å²) in [6, 6.07) is 3.47. The lowest BCUT2D eigenvalue weighted by molar-refractivity contribution is -0.386. The number of nitro benzene ring substituents is 1. The molecule has 0 aromatic heterocycles. The van der Waals surface area contributed by atoms with Crippen LogP contribution in [-0.2, 0) is 0 Å². The standard InChI is InChI=1S/C12H14BrNO3/c1-7-3-8(2)12(11(4-7)14(15)16)17-10-5-9(13)6-10/h3-4,9-10H,5-6H2,1-2H3. The lowest BCUT2D eigenvalue weighted by atomic mass is 9.95. The Balaban J connectivity index is 2.28. The second-order valence-electron chi connectivity index (χ2n) is 4.50. The molecule has 17 heavy (non-hydrogen) atoms. The second kappa shape index (κ2) is 4.64. The fourth-order valence-electron chi connectivity index (χ4n) is 1.99. The maximum Gasteiger partial charge on any atom is 0.311 e. The summed E-state index contributed by atoms with van der Waals surface area (Å²) in [4.78, 5) is 11.1. The van der Waals surface area contributed by atoms with Crippen molar-refractivity contribution < 1.29 is 9.66 Å². The summed E-state index contributed by atoms with van der Waals surface area (Å²) in [6.45, 7) is 3.70. The van der Waals surface area contributed by atoms with Crippen molar-refractivity contribution in [3.63, 3.8) is 0 Å². The first-order chi connectivity index (χ1) is 7.97. The zero-order valence-electron chi connectivity index (χ0n) is 9.77. The van der Waals surface area contributed by atoms with Gasteiger partial charge in [-0.2, -0.15) is 0 Å². The smallest absolute Gasteiger partial charge is 0.311 e. The first-order valence-corrected chi connectivity index (χ1v) is 6.45. The lowest BCUT2D eigenvalue weighted by Gasteiger charge is -2.31. The summed E-state index contributed by atoms with van der Waals surface area (Å²) < 4.78 is 5.73. The van der Waals surface area contributed by atoms with Crippen LogP contribution in [0.5, 0.6) is 5.75 Å². The number of halogens is 1. The lowest BCUT2D eigenvalue weighted by Crippen LogP contribution is -2.34. The van der Waals surface area contributed by atoms with Gasteiger partial charge in [0.05, 0.1) is 4.92 Å². The molecule has 0 unspecified atom stereocenters. The van der Waals surface area contributed by atoms with Crippen LogP contribution in [0, 0.1) is 24.0 Å². The molecule has 1 aliphatic carbocycles. The zero-order chi connectivity index (χ0) is 12.6. The van der Waals surface area contributed by atoms with Crippen LogP contribution in [0.25, 0.3) is 0 Å². The van der Waals surface area contributed by atoms with Gasteiger partial charge in [0.15, 0.2) is 5.75 Å². The van der Waals surface area contributed by atoms with Gasteiger partial charge >= 0.3 is 5.69 Å². The Labute approximate surface area is 108 Å². The molecule has 0 bridgehead atoms. The minimum atomic E-state index is -0.375. The molecule has 0 saturated heterocycles. The summed E-state index contributed by atoms with van der Waals surface area (Å²) in [7, 11) is 0. The maximum atomic E-state index is 11.0. The van der Waals surface area contributed by atoms with Crippen LogP contribution < -0.4 is 4.74 Å². The molecule has 0 amide bonds. The largest absolute Gasteiger partial charge is 0.483 e. The van der Waals surface area contributed by atoms with E-state index in [0.29, 0.717) is 10.6 Å². The van der Waals surface area contributed by atoms with Crippen molar-refractivity contribution in [2.75, 3.05) is 0 Å². The van der Waals surface area contributed by atoms with Crippen molar-refractivity contribution >= 4 is 21.6 Å². The zero-order valence-corrected chi connectivity index (χ0v) is 11.4. The molecule has 5 heteroatoms. The predicted molar refractivity (Wildman–Crippen MR) is 68.9 cm³/mol. The van der Waals surface area contributed by atoms with Crippen molar-refractivity contribution in [3.05, 3.63) is 33.4 Å². The minimum absolute atomic E-state index is 0.0699. The number of hydrogen-bond acceptors (Lipinski definition) is 3. The highest BCUT2D eigenvalue weighted by Crippen LogP contribution is 2.37. The molecule has 0 N–H and O–H groups in total. The van der Waals surface area contributed by atoms with E-state index in [2.05, 4.69) is 15.9 Å². The SMILES string of the molecule is Cc1cc(C)c(OC2CC(Br)C2)c([N+](=O)[O-])c1. The number of alkyl halides is 1. The fraction of sp³-hybridized carbons (Fsp3) is 0.500. The second-order valence-corrected chi connectivity index (χ2v) is 5.79. The minimum Gasteiger partial charge on any atom is -0.483 e. The predicted octanol–water partition coefficient (Wildman–Crippen LogP) is 3.52. The van der Waals surface area contributed by atoms with E-state index in [4.69, 9.17) is 4.74 Å². The van der Waals surface area contributed by atoms with Crippen LogP contribution in [0.4, 0.5) is 5.69 Å². The van der Waals surface area contributed by atoms with Crippen LogP contribution in [0.3, 0.4) is 0 Å². The van der Waals surface area contributed by atoms with Crippen molar-refractivity contribution in [2.24, 2.45) is 0 Å². The number of benzene rings is 1. The number of aryl methyl sites for hydroxylation is 2. The number of nitrogens with zero attached hydrogens (tertiary/aromatic N) is 1. The van der Waals surface area contributed by atoms with Crippen LogP contribution >= 0.6 is 15.9 Å². The Morgan fingerprint density at radius 2 is 2.06 bits per heavy atom. The highest BCUT2D eigenvalue weighted by molar-refractivity contribution is 9.09. The number of ether oxygens (including phenoxy) is 1. The third-order valence-electron chi connectivity index (χ3n) is 2.92. The molecule has 0 aliphatic heterocycles. The van der Waals surface area contributed by atoms with Gasteiger partial charge in [0, 0.05) is 10.9 Å². The Kier molecular flexibility index (Phi) is 3.38. The first kappa shape index (κ1) is 12.4. The van der Waals surface area contributed by atoms with Crippen LogP contribution in [0.15, 0.2) is 12.1 Å². The molecule has 1 aromatic rings. The molecule has 0 spiro atoms. The van der Waals surface area contributed by atoms with Gasteiger partial charge in [0.25, 0.3) is 0 Å². The van der Waals surface area contributed by atoms with Crippen LogP contribution in [-0.4, -0.2) is 15.9 Å². The highest BCUT2D eigenvalue weighted by Gasteiger charge is 2.31. The third-order valence-corrected chi connectivity index (χ3v) is 3.67. The average molecular weight is 300 g/mol. The van der Waals surface area contributed by atoms with E-state index in [-0.39, 0.29) is 16.7 Å². The van der Waals surface area contributed by atoms with Gasteiger partial charge in [-0.15, -0.1) is 0 Å². The number of hydrogen-bond donors (Lipinski definition) is 0. The molecule has 2 rings (SSSR count). The van der Waals surface area contributed by atoms with E-state index < -0.39 is 0 Å². The highest BCUT2D eigenvalue weighted by atomic mass is 79.9. The molecule has 92 valence electrons. The van der Waals surface area contributed by atoms with E-state index in [1.165, 1.54) is 0 Å². The van der Waals surface area contributed by atoms with E-state index >= 15 is 0 Å². The Bertz CT molecular complexity index is 455. The molecule has 0 radical (unpaired) electrons. The first-order valence-electron chi connectivity index (χ1n) is 5.53. The summed E-state index contributed by atoms with van der Waals surface area (Å²) in [5.74, 6) is 0.421. The fourth-order valence-corrected chi connectivity index (χ4v) is 2.82. The summed E-state index contributed by atoms with van der Waals surface area (Å²) in [6.07, 6.45) is 1.91. The monoisotopic (exact) mass is 299 g/mol. The molecule has 1 saturated carbocycles. The van der Waals surface area contributed by atoms with Gasteiger partial charge in [0.2, 0.25) is 0 Å². The van der Waals surface area contributed by atoms with Crippen molar-refractivity contribution in [1.29, 1.82) is 0 Å². The molecular formula is C12H14BrNO3. The van der Waals surface area contributed by atoms with E-state index in [1.54, 1.807) is 6.07 Å². The summed E-state index contributed by atoms with van der Waals surface area (Å²) in [5.41, 5.74) is 1.78. The van der Waals surface area contributed by atoms with Crippen LogP contribution in [0.2, 0.25) is 0 Å². The average Bonchev–Trinajstić information content (AvgIpc) is 2.18. The van der Waals surface area contributed by atoms with Gasteiger partial charge in [-0.1, -0.05) is 22.0 Å². The number of nitro groups is 1. The van der Waals surface area contributed by atoms with Gasteiger partial charge in [0.1, 0.15) is 6.10 Å². The summed E-state index contributed by atoms with van der Waals surface area (Å²) >= 11 is 3.48. The molecule has 1 aliphatic rings. The quantitative estimate of drug-likeness (QED) is 0.487. The molecule has 1 aromatic carbocycles. The topological polar surface area (TPSA) is 52.4 Å². The molecular weight excluding hydrogens is 286 g/mol. The summed E-state index contributed by atoms with van der Waals surface area (Å²) in [5, 5.41) is 11.0. The van der Waals surface area contributed by atoms with E-state index in [0.717, 1.165) is 24.0 Å². The third kappa shape index (κ3) is 2.60. The molecule has 1 fully saturated rings. The van der Waals surface area contributed by atoms with Crippen LogP contribution in [0.1, 0.15) is 24.0 Å². The molecule has 0 atom stereocenters. The Morgan fingerprint density at radius 1 is 1.41 bits per heavy atom. The maximum absolute atomic E-state index is 11.0. The van der Waals surface area contributed by atoms with Crippen molar-refractivity contribution in [2.45, 2.75) is 37.6 Å². The van der Waals surface area contributed by atoms with E-state index in [9.17, 15) is 10.1 Å². The molecule has 4 nitrogen and oxygen atoms in total. The Morgan fingerprint density at radius 3 is 2.59 bits per heavy atom. The van der Waals surface area contributed by atoms with Crippen molar-refractivity contribution in [1.82, 2.24) is 0 Å². The normalized spacial score (nSPS) is 23.0. The molecule has 0 heterocycles. The van der Waals surface area contributed by atoms with Gasteiger partial charge < -0.3 is 4.74 Å². The Hall–Kier alpha value is -1.10. The van der Waals surface area contributed by atoms with Gasteiger partial charge in [-0.05, 0) is 37.8 Å². The van der Waals surface area contributed by atoms with E-state index in [1.807, 2.05) is 19.9 Å².